The van der Waals surface area contributed by atoms with Gasteiger partial charge in [0.15, 0.2) is 6.61 Å². The maximum absolute atomic E-state index is 12.4. The summed E-state index contributed by atoms with van der Waals surface area (Å²) < 4.78 is 10.9. The quantitative estimate of drug-likeness (QED) is 0.476. The molecule has 0 unspecified atom stereocenters. The number of likely N-dealkylation sites (N-methyl/N-ethyl adjacent to an activating group) is 1. The minimum atomic E-state index is -0.564. The molecule has 0 aliphatic carbocycles. The van der Waals surface area contributed by atoms with Gasteiger partial charge in [-0.05, 0) is 37.9 Å². The largest absolute Gasteiger partial charge is 0.492 e. The molecule has 1 heterocycles. The predicted octanol–water partition coefficient (Wildman–Crippen LogP) is 1.58. The van der Waals surface area contributed by atoms with Gasteiger partial charge in [-0.3, -0.25) is 24.6 Å². The SMILES string of the molecule is CN(C)CCOc1ccc(CNC(=O)CN2C(=O)COc3ccc([N+](=O)[O-])cc32)cc1. The van der Waals surface area contributed by atoms with Crippen molar-refractivity contribution in [2.24, 2.45) is 0 Å². The van der Waals surface area contributed by atoms with Crippen LogP contribution in [0.1, 0.15) is 5.56 Å². The number of carbonyl (C=O) groups is 2. The lowest BCUT2D eigenvalue weighted by Gasteiger charge is -2.28. The minimum Gasteiger partial charge on any atom is -0.492 e. The highest BCUT2D eigenvalue weighted by Gasteiger charge is 2.29. The van der Waals surface area contributed by atoms with Crippen molar-refractivity contribution in [3.05, 3.63) is 58.1 Å². The fourth-order valence-corrected chi connectivity index (χ4v) is 2.93. The van der Waals surface area contributed by atoms with Gasteiger partial charge in [-0.2, -0.15) is 0 Å². The van der Waals surface area contributed by atoms with E-state index in [9.17, 15) is 19.7 Å². The summed E-state index contributed by atoms with van der Waals surface area (Å²) in [5.74, 6) is 0.235. The van der Waals surface area contributed by atoms with Crippen molar-refractivity contribution in [2.75, 3.05) is 45.3 Å². The Bertz CT molecular complexity index is 961. The van der Waals surface area contributed by atoms with E-state index in [-0.39, 0.29) is 37.0 Å². The lowest BCUT2D eigenvalue weighted by atomic mass is 10.2. The highest BCUT2D eigenvalue weighted by atomic mass is 16.6. The van der Waals surface area contributed by atoms with Crippen LogP contribution < -0.4 is 19.7 Å². The number of rotatable bonds is 9. The molecule has 1 aliphatic heterocycles. The minimum absolute atomic E-state index is 0.185. The zero-order valence-electron chi connectivity index (χ0n) is 17.4. The number of non-ortho nitro benzene ring substituents is 1. The molecule has 0 fully saturated rings. The van der Waals surface area contributed by atoms with Crippen molar-refractivity contribution in [3.63, 3.8) is 0 Å². The van der Waals surface area contributed by atoms with Crippen molar-refractivity contribution in [1.82, 2.24) is 10.2 Å². The molecule has 0 atom stereocenters. The summed E-state index contributed by atoms with van der Waals surface area (Å²) in [7, 11) is 3.94. The molecule has 31 heavy (non-hydrogen) atoms. The number of hydrogen-bond acceptors (Lipinski definition) is 7. The zero-order chi connectivity index (χ0) is 22.4. The molecule has 0 spiro atoms. The van der Waals surface area contributed by atoms with Crippen molar-refractivity contribution in [2.45, 2.75) is 6.54 Å². The fourth-order valence-electron chi connectivity index (χ4n) is 2.93. The van der Waals surface area contributed by atoms with Gasteiger partial charge in [-0.15, -0.1) is 0 Å². The van der Waals surface area contributed by atoms with Gasteiger partial charge in [0.1, 0.15) is 24.7 Å². The monoisotopic (exact) mass is 428 g/mol. The third-order valence-electron chi connectivity index (χ3n) is 4.62. The van der Waals surface area contributed by atoms with Crippen molar-refractivity contribution in [3.8, 4) is 11.5 Å². The average molecular weight is 428 g/mol. The molecule has 3 rings (SSSR count). The van der Waals surface area contributed by atoms with Gasteiger partial charge in [0, 0.05) is 25.2 Å². The second kappa shape index (κ2) is 9.90. The van der Waals surface area contributed by atoms with Crippen LogP contribution in [0.5, 0.6) is 11.5 Å². The molecule has 0 bridgehead atoms. The fraction of sp³-hybridized carbons (Fsp3) is 0.333. The first kappa shape index (κ1) is 22.0. The molecule has 0 saturated carbocycles. The number of ether oxygens (including phenoxy) is 2. The number of nitrogens with one attached hydrogen (secondary N) is 1. The molecular formula is C21H24N4O6. The molecule has 2 aromatic carbocycles. The first-order valence-corrected chi connectivity index (χ1v) is 9.68. The van der Waals surface area contributed by atoms with Gasteiger partial charge in [-0.25, -0.2) is 0 Å². The summed E-state index contributed by atoms with van der Waals surface area (Å²) in [5, 5.41) is 13.8. The Hall–Kier alpha value is -3.66. The first-order chi connectivity index (χ1) is 14.8. The van der Waals surface area contributed by atoms with Crippen LogP contribution in [0.2, 0.25) is 0 Å². The summed E-state index contributed by atoms with van der Waals surface area (Å²) in [6, 6.07) is 11.3. The molecule has 1 N–H and O–H groups in total. The number of hydrogen-bond donors (Lipinski definition) is 1. The summed E-state index contributed by atoms with van der Waals surface area (Å²) in [5.41, 5.74) is 0.896. The Morgan fingerprint density at radius 1 is 1.26 bits per heavy atom. The van der Waals surface area contributed by atoms with Crippen LogP contribution in [0.15, 0.2) is 42.5 Å². The second-order valence-corrected chi connectivity index (χ2v) is 7.25. The molecule has 10 heteroatoms. The normalized spacial score (nSPS) is 12.9. The average Bonchev–Trinajstić information content (AvgIpc) is 2.74. The predicted molar refractivity (Wildman–Crippen MR) is 113 cm³/mol. The van der Waals surface area contributed by atoms with Gasteiger partial charge in [0.2, 0.25) is 5.91 Å². The van der Waals surface area contributed by atoms with Crippen molar-refractivity contribution < 1.29 is 24.0 Å². The number of nitro groups is 1. The van der Waals surface area contributed by atoms with Crippen molar-refractivity contribution in [1.29, 1.82) is 0 Å². The Morgan fingerprint density at radius 3 is 2.68 bits per heavy atom. The van der Waals surface area contributed by atoms with E-state index in [2.05, 4.69) is 5.32 Å². The highest BCUT2D eigenvalue weighted by molar-refractivity contribution is 6.02. The molecular weight excluding hydrogens is 404 g/mol. The van der Waals surface area contributed by atoms with E-state index in [1.165, 1.54) is 23.1 Å². The number of fused-ring (bicyclic) bond motifs is 1. The van der Waals surface area contributed by atoms with Crippen LogP contribution in [0, 0.1) is 10.1 Å². The third kappa shape index (κ3) is 5.92. The molecule has 2 amide bonds. The van der Waals surface area contributed by atoms with E-state index >= 15 is 0 Å². The summed E-state index contributed by atoms with van der Waals surface area (Å²) in [4.78, 5) is 38.4. The number of nitrogens with zero attached hydrogens (tertiary/aromatic N) is 3. The number of amides is 2. The first-order valence-electron chi connectivity index (χ1n) is 9.68. The van der Waals surface area contributed by atoms with Crippen LogP contribution in [-0.4, -0.2) is 62.0 Å². The topological polar surface area (TPSA) is 114 Å². The lowest BCUT2D eigenvalue weighted by Crippen LogP contribution is -2.45. The molecule has 164 valence electrons. The summed E-state index contributed by atoms with van der Waals surface area (Å²) >= 11 is 0. The number of carbonyl (C=O) groups excluding carboxylic acids is 2. The Balaban J connectivity index is 1.57. The maximum Gasteiger partial charge on any atom is 0.271 e. The molecule has 0 aromatic heterocycles. The van der Waals surface area contributed by atoms with E-state index in [0.717, 1.165) is 17.9 Å². The Labute approximate surface area is 179 Å². The molecule has 2 aromatic rings. The van der Waals surface area contributed by atoms with Gasteiger partial charge < -0.3 is 19.7 Å². The van der Waals surface area contributed by atoms with Crippen LogP contribution in [-0.2, 0) is 16.1 Å². The molecule has 1 aliphatic rings. The van der Waals surface area contributed by atoms with Gasteiger partial charge in [0.05, 0.1) is 10.6 Å². The molecule has 10 nitrogen and oxygen atoms in total. The summed E-state index contributed by atoms with van der Waals surface area (Å²) in [6.07, 6.45) is 0. The van der Waals surface area contributed by atoms with E-state index in [1.54, 1.807) is 0 Å². The van der Waals surface area contributed by atoms with E-state index < -0.39 is 10.8 Å². The van der Waals surface area contributed by atoms with Crippen LogP contribution in [0.4, 0.5) is 11.4 Å². The third-order valence-corrected chi connectivity index (χ3v) is 4.62. The van der Waals surface area contributed by atoms with Gasteiger partial charge >= 0.3 is 0 Å². The van der Waals surface area contributed by atoms with Gasteiger partial charge in [-0.1, -0.05) is 12.1 Å². The number of benzene rings is 2. The smallest absolute Gasteiger partial charge is 0.271 e. The van der Waals surface area contributed by atoms with Crippen LogP contribution >= 0.6 is 0 Å². The maximum atomic E-state index is 12.4. The highest BCUT2D eigenvalue weighted by Crippen LogP contribution is 2.35. The molecule has 0 saturated heterocycles. The van der Waals surface area contributed by atoms with E-state index in [0.29, 0.717) is 12.4 Å². The van der Waals surface area contributed by atoms with Crippen LogP contribution in [0.25, 0.3) is 0 Å². The van der Waals surface area contributed by atoms with E-state index in [4.69, 9.17) is 9.47 Å². The zero-order valence-corrected chi connectivity index (χ0v) is 17.4. The van der Waals surface area contributed by atoms with Gasteiger partial charge in [0.25, 0.3) is 11.6 Å². The Morgan fingerprint density at radius 2 is 2.00 bits per heavy atom. The van der Waals surface area contributed by atoms with E-state index in [1.807, 2.05) is 43.3 Å². The summed E-state index contributed by atoms with van der Waals surface area (Å²) in [6.45, 7) is 1.17. The number of nitro benzene ring substituents is 1. The Kier molecular flexibility index (Phi) is 7.03. The van der Waals surface area contributed by atoms with Crippen LogP contribution in [0.3, 0.4) is 0 Å². The second-order valence-electron chi connectivity index (χ2n) is 7.25. The standard InChI is InChI=1S/C21H24N4O6/c1-23(2)9-10-30-17-6-3-15(4-7-17)12-22-20(26)13-24-18-11-16(25(28)29)5-8-19(18)31-14-21(24)27/h3-8,11H,9-10,12-14H2,1-2H3,(H,22,26). The molecule has 0 radical (unpaired) electrons. The van der Waals surface area contributed by atoms with Crippen molar-refractivity contribution >= 4 is 23.2 Å². The lowest BCUT2D eigenvalue weighted by molar-refractivity contribution is -0.384. The number of anilines is 1.